The molecule has 5 aromatic rings. The van der Waals surface area contributed by atoms with Crippen molar-refractivity contribution in [3.05, 3.63) is 102 Å². The largest absolute Gasteiger partial charge is 0.493 e. The normalized spacial score (nSPS) is 12.6. The Balaban J connectivity index is 0.00000271. The smallest absolute Gasteiger partial charge is 0.203 e. The lowest BCUT2D eigenvalue weighted by atomic mass is 9.99. The molecule has 55 heavy (non-hydrogen) atoms. The van der Waals surface area contributed by atoms with E-state index in [0.717, 1.165) is 66.1 Å². The summed E-state index contributed by atoms with van der Waals surface area (Å²) in [7, 11) is 9.61. The van der Waals surface area contributed by atoms with Gasteiger partial charge in [-0.15, -0.1) is 37.2 Å². The molecule has 3 heterocycles. The Kier molecular flexibility index (Phi) is 16.9. The van der Waals surface area contributed by atoms with Crippen molar-refractivity contribution < 1.29 is 32.8 Å². The van der Waals surface area contributed by atoms with E-state index in [-0.39, 0.29) is 49.1 Å². The van der Waals surface area contributed by atoms with Gasteiger partial charge in [0.1, 0.15) is 5.82 Å². The Labute approximate surface area is 341 Å². The maximum absolute atomic E-state index is 14.1. The van der Waals surface area contributed by atoms with Gasteiger partial charge in [0, 0.05) is 67.6 Å². The molecular weight excluding hydrogens is 770 g/mol. The third-order valence-corrected chi connectivity index (χ3v) is 9.49. The van der Waals surface area contributed by atoms with Crippen LogP contribution in [0.5, 0.6) is 34.5 Å². The zero-order valence-corrected chi connectivity index (χ0v) is 34.2. The van der Waals surface area contributed by atoms with E-state index in [1.165, 1.54) is 17.7 Å². The minimum absolute atomic E-state index is 0. The van der Waals surface area contributed by atoms with Gasteiger partial charge in [0.25, 0.3) is 0 Å². The Morgan fingerprint density at radius 1 is 0.636 bits per heavy atom. The van der Waals surface area contributed by atoms with Crippen molar-refractivity contribution in [1.82, 2.24) is 14.9 Å². The second kappa shape index (κ2) is 20.8. The molecule has 3 aromatic carbocycles. The average Bonchev–Trinajstić information content (AvgIpc) is 3.19. The molecular formula is C41H48Cl3FN4O6. The maximum Gasteiger partial charge on any atom is 0.203 e. The molecule has 10 nitrogen and oxygen atoms in total. The first kappa shape index (κ1) is 44.7. The molecule has 0 spiro atoms. The molecule has 2 aromatic heterocycles. The minimum atomic E-state index is -0.257. The molecule has 14 heteroatoms. The summed E-state index contributed by atoms with van der Waals surface area (Å²) in [5.74, 6) is 3.14. The molecule has 0 atom stereocenters. The highest BCUT2D eigenvalue weighted by Gasteiger charge is 2.26. The van der Waals surface area contributed by atoms with Gasteiger partial charge in [-0.05, 0) is 96.3 Å². The van der Waals surface area contributed by atoms with Crippen molar-refractivity contribution >= 4 is 42.9 Å². The van der Waals surface area contributed by atoms with Gasteiger partial charge >= 0.3 is 0 Å². The molecule has 1 aliphatic heterocycles. The van der Waals surface area contributed by atoms with E-state index in [1.807, 2.05) is 55.0 Å². The zero-order valence-electron chi connectivity index (χ0n) is 31.7. The van der Waals surface area contributed by atoms with E-state index in [4.69, 9.17) is 28.4 Å². The SMILES string of the molecule is COc1cc(-c2cncc(CN(c3ccc(F)cc3)C3CCN(Cc4ccnc(-c5cc(OC)c(OC)c(OC)c5)c4)CC3)c2)cc(OC)c1OC.Cl.Cl.Cl. The predicted octanol–water partition coefficient (Wildman–Crippen LogP) is 8.94. The van der Waals surface area contributed by atoms with Crippen LogP contribution in [0, 0.1) is 5.82 Å². The second-order valence-electron chi connectivity index (χ2n) is 12.6. The number of ether oxygens (including phenoxy) is 6. The Hall–Kier alpha value is -4.68. The summed E-state index contributed by atoms with van der Waals surface area (Å²) >= 11 is 0. The molecule has 0 saturated carbocycles. The fraction of sp³-hybridized carbons (Fsp3) is 0.317. The summed E-state index contributed by atoms with van der Waals surface area (Å²) in [6, 6.07) is 21.0. The van der Waals surface area contributed by atoms with Crippen molar-refractivity contribution in [3.63, 3.8) is 0 Å². The molecule has 6 rings (SSSR count). The molecule has 0 unspecified atom stereocenters. The van der Waals surface area contributed by atoms with Crippen molar-refractivity contribution in [2.24, 2.45) is 0 Å². The van der Waals surface area contributed by atoms with Gasteiger partial charge in [0.2, 0.25) is 11.5 Å². The molecule has 1 saturated heterocycles. The molecule has 296 valence electrons. The number of aromatic nitrogens is 2. The summed E-state index contributed by atoms with van der Waals surface area (Å²) in [5.41, 5.74) is 6.72. The molecule has 1 aliphatic rings. The molecule has 0 amide bonds. The molecule has 0 aliphatic carbocycles. The number of pyridine rings is 2. The number of hydrogen-bond donors (Lipinski definition) is 0. The van der Waals surface area contributed by atoms with Crippen molar-refractivity contribution in [1.29, 1.82) is 0 Å². The maximum atomic E-state index is 14.1. The Bertz CT molecular complexity index is 1930. The van der Waals surface area contributed by atoms with Crippen LogP contribution in [0.4, 0.5) is 10.1 Å². The van der Waals surface area contributed by atoms with Crippen LogP contribution < -0.4 is 33.3 Å². The van der Waals surface area contributed by atoms with Gasteiger partial charge in [-0.1, -0.05) is 0 Å². The van der Waals surface area contributed by atoms with Crippen LogP contribution in [-0.4, -0.2) is 76.7 Å². The number of benzene rings is 3. The van der Waals surface area contributed by atoms with Gasteiger partial charge in [0.15, 0.2) is 23.0 Å². The van der Waals surface area contributed by atoms with Gasteiger partial charge in [0.05, 0.1) is 48.4 Å². The number of nitrogens with zero attached hydrogens (tertiary/aromatic N) is 4. The van der Waals surface area contributed by atoms with Crippen LogP contribution in [-0.2, 0) is 13.1 Å². The van der Waals surface area contributed by atoms with Gasteiger partial charge in [-0.3, -0.25) is 14.9 Å². The lowest BCUT2D eigenvalue weighted by Gasteiger charge is -2.40. The first-order chi connectivity index (χ1) is 25.4. The highest BCUT2D eigenvalue weighted by Crippen LogP contribution is 2.42. The van der Waals surface area contributed by atoms with Gasteiger partial charge < -0.3 is 33.3 Å². The molecule has 0 N–H and O–H groups in total. The van der Waals surface area contributed by atoms with Crippen LogP contribution in [0.25, 0.3) is 22.4 Å². The summed E-state index contributed by atoms with van der Waals surface area (Å²) in [6.07, 6.45) is 7.46. The van der Waals surface area contributed by atoms with E-state index in [0.29, 0.717) is 41.0 Å². The average molecular weight is 818 g/mol. The lowest BCUT2D eigenvalue weighted by molar-refractivity contribution is 0.201. The standard InChI is InChI=1S/C41H45FN4O6.3ClH/c1-47-36-19-29(20-37(48-2)40(36)51-5)31-17-28(23-43-24-31)26-46(33-9-7-32(42)8-10-33)34-12-15-45(16-13-34)25-27-11-14-44-35(18-27)30-21-38(49-3)41(52-6)39(22-30)50-4;;;/h7-11,14,17-24,34H,12-13,15-16,25-26H2,1-6H3;3*1H. The van der Waals surface area contributed by atoms with Crippen LogP contribution in [0.1, 0.15) is 24.0 Å². The number of rotatable bonds is 14. The lowest BCUT2D eigenvalue weighted by Crippen LogP contribution is -2.44. The fourth-order valence-electron chi connectivity index (χ4n) is 6.85. The number of likely N-dealkylation sites (tertiary alicyclic amines) is 1. The number of anilines is 1. The van der Waals surface area contributed by atoms with Crippen molar-refractivity contribution in [2.45, 2.75) is 32.0 Å². The third kappa shape index (κ3) is 10.3. The fourth-order valence-corrected chi connectivity index (χ4v) is 6.85. The highest BCUT2D eigenvalue weighted by molar-refractivity contribution is 5.86. The van der Waals surface area contributed by atoms with E-state index < -0.39 is 0 Å². The minimum Gasteiger partial charge on any atom is -0.493 e. The van der Waals surface area contributed by atoms with Crippen LogP contribution in [0.2, 0.25) is 0 Å². The summed E-state index contributed by atoms with van der Waals surface area (Å²) in [4.78, 5) is 14.1. The van der Waals surface area contributed by atoms with Crippen molar-refractivity contribution in [3.8, 4) is 56.9 Å². The Morgan fingerprint density at radius 3 is 1.71 bits per heavy atom. The topological polar surface area (TPSA) is 87.6 Å². The van der Waals surface area contributed by atoms with E-state index in [9.17, 15) is 4.39 Å². The van der Waals surface area contributed by atoms with Crippen LogP contribution in [0.3, 0.4) is 0 Å². The molecule has 0 radical (unpaired) electrons. The summed E-state index contributed by atoms with van der Waals surface area (Å²) < 4.78 is 47.4. The monoisotopic (exact) mass is 816 g/mol. The number of methoxy groups -OCH3 is 6. The Morgan fingerprint density at radius 2 is 1.18 bits per heavy atom. The number of hydrogen-bond acceptors (Lipinski definition) is 10. The van der Waals surface area contributed by atoms with Crippen LogP contribution in [0.15, 0.2) is 85.3 Å². The number of halogens is 4. The summed E-state index contributed by atoms with van der Waals surface area (Å²) in [6.45, 7) is 3.23. The van der Waals surface area contributed by atoms with Crippen LogP contribution >= 0.6 is 37.2 Å². The quantitative estimate of drug-likeness (QED) is 0.108. The summed E-state index contributed by atoms with van der Waals surface area (Å²) in [5, 5.41) is 0. The third-order valence-electron chi connectivity index (χ3n) is 9.49. The van der Waals surface area contributed by atoms with E-state index in [1.54, 1.807) is 42.7 Å². The predicted molar refractivity (Wildman–Crippen MR) is 221 cm³/mol. The van der Waals surface area contributed by atoms with E-state index >= 15 is 0 Å². The molecule has 0 bridgehead atoms. The van der Waals surface area contributed by atoms with E-state index in [2.05, 4.69) is 38.0 Å². The zero-order chi connectivity index (χ0) is 36.6. The van der Waals surface area contributed by atoms with Gasteiger partial charge in [-0.25, -0.2) is 4.39 Å². The van der Waals surface area contributed by atoms with Crippen molar-refractivity contribution in [2.75, 3.05) is 60.6 Å². The molecule has 1 fully saturated rings. The highest BCUT2D eigenvalue weighted by atomic mass is 35.5. The number of piperidine rings is 1. The first-order valence-corrected chi connectivity index (χ1v) is 17.1. The van der Waals surface area contributed by atoms with Gasteiger partial charge in [-0.2, -0.15) is 0 Å². The second-order valence-corrected chi connectivity index (χ2v) is 12.6. The first-order valence-electron chi connectivity index (χ1n) is 17.1.